The molecule has 1 aliphatic heterocycles. The van der Waals surface area contributed by atoms with E-state index >= 15 is 0 Å². The fraction of sp³-hybridized carbons (Fsp3) is 1.00. The third kappa shape index (κ3) is 2.03. The molecule has 4 unspecified atom stereocenters. The zero-order valence-electron chi connectivity index (χ0n) is 11.6. The van der Waals surface area contributed by atoms with Crippen molar-refractivity contribution in [3.05, 3.63) is 0 Å². The first-order valence-corrected chi connectivity index (χ1v) is 7.27. The second-order valence-corrected chi connectivity index (χ2v) is 6.83. The number of rotatable bonds is 1. The summed E-state index contributed by atoms with van der Waals surface area (Å²) in [7, 11) is 0. The smallest absolute Gasteiger partial charge is 0.00126 e. The molecule has 4 atom stereocenters. The van der Waals surface area contributed by atoms with Crippen LogP contribution < -0.4 is 5.32 Å². The van der Waals surface area contributed by atoms with Crippen molar-refractivity contribution in [3.8, 4) is 0 Å². The van der Waals surface area contributed by atoms with Crippen LogP contribution in [0, 0.1) is 29.1 Å². The fourth-order valence-electron chi connectivity index (χ4n) is 4.51. The van der Waals surface area contributed by atoms with E-state index in [1.165, 1.54) is 38.8 Å². The van der Waals surface area contributed by atoms with Crippen molar-refractivity contribution >= 4 is 0 Å². The maximum Gasteiger partial charge on any atom is -0.00126 e. The molecule has 0 amide bonds. The third-order valence-electron chi connectivity index (χ3n) is 5.48. The van der Waals surface area contributed by atoms with Gasteiger partial charge in [-0.3, -0.25) is 0 Å². The van der Waals surface area contributed by atoms with Crippen molar-refractivity contribution in [2.75, 3.05) is 13.1 Å². The Hall–Kier alpha value is -0.0400. The van der Waals surface area contributed by atoms with Gasteiger partial charge in [0.2, 0.25) is 0 Å². The Bertz CT molecular complexity index is 236. The van der Waals surface area contributed by atoms with Gasteiger partial charge in [0.05, 0.1) is 0 Å². The van der Waals surface area contributed by atoms with Crippen LogP contribution >= 0.6 is 0 Å². The van der Waals surface area contributed by atoms with Crippen LogP contribution in [-0.4, -0.2) is 13.1 Å². The SMILES string of the molecule is CC1CCC(C)C2(CCNCC2C(C)C)C1. The molecule has 0 bridgehead atoms. The molecule has 0 aromatic carbocycles. The topological polar surface area (TPSA) is 12.0 Å². The molecule has 1 saturated carbocycles. The van der Waals surface area contributed by atoms with E-state index < -0.39 is 0 Å². The molecule has 1 heteroatoms. The van der Waals surface area contributed by atoms with E-state index in [1.807, 2.05) is 0 Å². The lowest BCUT2D eigenvalue weighted by molar-refractivity contribution is -0.0345. The van der Waals surface area contributed by atoms with Crippen LogP contribution in [0.3, 0.4) is 0 Å². The summed E-state index contributed by atoms with van der Waals surface area (Å²) in [6.45, 7) is 12.3. The summed E-state index contributed by atoms with van der Waals surface area (Å²) < 4.78 is 0. The normalized spacial score (nSPS) is 45.2. The summed E-state index contributed by atoms with van der Waals surface area (Å²) in [5.74, 6) is 3.63. The summed E-state index contributed by atoms with van der Waals surface area (Å²) in [5.41, 5.74) is 0.664. The molecule has 94 valence electrons. The van der Waals surface area contributed by atoms with Crippen molar-refractivity contribution in [1.29, 1.82) is 0 Å². The predicted octanol–water partition coefficient (Wildman–Crippen LogP) is 3.69. The van der Waals surface area contributed by atoms with Gasteiger partial charge in [-0.1, -0.05) is 34.1 Å². The summed E-state index contributed by atoms with van der Waals surface area (Å²) >= 11 is 0. The van der Waals surface area contributed by atoms with Crippen molar-refractivity contribution in [2.45, 2.75) is 53.4 Å². The van der Waals surface area contributed by atoms with Gasteiger partial charge in [0.15, 0.2) is 0 Å². The highest BCUT2D eigenvalue weighted by atomic mass is 14.9. The molecule has 1 nitrogen and oxygen atoms in total. The van der Waals surface area contributed by atoms with Crippen LogP contribution in [0.2, 0.25) is 0 Å². The van der Waals surface area contributed by atoms with Gasteiger partial charge in [-0.15, -0.1) is 0 Å². The zero-order chi connectivity index (χ0) is 11.8. The highest BCUT2D eigenvalue weighted by Crippen LogP contribution is 2.53. The maximum atomic E-state index is 3.62. The lowest BCUT2D eigenvalue weighted by Crippen LogP contribution is -2.52. The molecule has 2 fully saturated rings. The summed E-state index contributed by atoms with van der Waals surface area (Å²) in [4.78, 5) is 0. The molecule has 1 spiro atoms. The Morgan fingerprint density at radius 2 is 1.94 bits per heavy atom. The lowest BCUT2D eigenvalue weighted by atomic mass is 9.53. The van der Waals surface area contributed by atoms with Gasteiger partial charge < -0.3 is 5.32 Å². The first-order chi connectivity index (χ1) is 7.56. The van der Waals surface area contributed by atoms with Gasteiger partial charge >= 0.3 is 0 Å². The maximum absolute atomic E-state index is 3.62. The van der Waals surface area contributed by atoms with Crippen molar-refractivity contribution in [1.82, 2.24) is 5.32 Å². The summed E-state index contributed by atoms with van der Waals surface area (Å²) in [6, 6.07) is 0. The van der Waals surface area contributed by atoms with E-state index in [1.54, 1.807) is 0 Å². The first-order valence-electron chi connectivity index (χ1n) is 7.27. The van der Waals surface area contributed by atoms with Crippen LogP contribution in [0.5, 0.6) is 0 Å². The van der Waals surface area contributed by atoms with Crippen molar-refractivity contribution < 1.29 is 0 Å². The van der Waals surface area contributed by atoms with Crippen LogP contribution in [0.4, 0.5) is 0 Å². The van der Waals surface area contributed by atoms with E-state index in [2.05, 4.69) is 33.0 Å². The van der Waals surface area contributed by atoms with Gasteiger partial charge in [0.1, 0.15) is 0 Å². The van der Waals surface area contributed by atoms with Crippen LogP contribution in [-0.2, 0) is 0 Å². The molecule has 2 rings (SSSR count). The molecule has 2 aliphatic rings. The molecule has 1 aliphatic carbocycles. The van der Waals surface area contributed by atoms with Gasteiger partial charge in [-0.25, -0.2) is 0 Å². The summed E-state index contributed by atoms with van der Waals surface area (Å²) in [6.07, 6.45) is 5.82. The quantitative estimate of drug-likeness (QED) is 0.715. The molecular weight excluding hydrogens is 194 g/mol. The van der Waals surface area contributed by atoms with Gasteiger partial charge in [0, 0.05) is 0 Å². The molecule has 0 aromatic rings. The average Bonchev–Trinajstić information content (AvgIpc) is 2.24. The predicted molar refractivity (Wildman–Crippen MR) is 70.4 cm³/mol. The Kier molecular flexibility index (Phi) is 3.63. The largest absolute Gasteiger partial charge is 0.316 e. The average molecular weight is 223 g/mol. The fourth-order valence-corrected chi connectivity index (χ4v) is 4.51. The second-order valence-electron chi connectivity index (χ2n) is 6.83. The minimum Gasteiger partial charge on any atom is -0.316 e. The zero-order valence-corrected chi connectivity index (χ0v) is 11.6. The van der Waals surface area contributed by atoms with Crippen LogP contribution in [0.1, 0.15) is 53.4 Å². The van der Waals surface area contributed by atoms with E-state index in [4.69, 9.17) is 0 Å². The number of hydrogen-bond donors (Lipinski definition) is 1. The minimum absolute atomic E-state index is 0.664. The van der Waals surface area contributed by atoms with E-state index in [0.29, 0.717) is 5.41 Å². The Labute approximate surface area is 101 Å². The molecule has 1 N–H and O–H groups in total. The monoisotopic (exact) mass is 223 g/mol. The Morgan fingerprint density at radius 1 is 1.19 bits per heavy atom. The third-order valence-corrected chi connectivity index (χ3v) is 5.48. The lowest BCUT2D eigenvalue weighted by Gasteiger charge is -2.54. The summed E-state index contributed by atoms with van der Waals surface area (Å²) in [5, 5.41) is 3.62. The number of nitrogens with one attached hydrogen (secondary N) is 1. The van der Waals surface area contributed by atoms with E-state index in [0.717, 1.165) is 23.7 Å². The van der Waals surface area contributed by atoms with E-state index in [9.17, 15) is 0 Å². The van der Waals surface area contributed by atoms with Gasteiger partial charge in [0.25, 0.3) is 0 Å². The van der Waals surface area contributed by atoms with Gasteiger partial charge in [-0.05, 0) is 61.4 Å². The Morgan fingerprint density at radius 3 is 2.62 bits per heavy atom. The molecule has 1 heterocycles. The molecule has 16 heavy (non-hydrogen) atoms. The standard InChI is InChI=1S/C15H29N/c1-11(2)14-10-16-8-7-15(14)9-12(3)5-6-13(15)4/h11-14,16H,5-10H2,1-4H3. The number of hydrogen-bond acceptors (Lipinski definition) is 1. The van der Waals surface area contributed by atoms with Crippen molar-refractivity contribution in [3.63, 3.8) is 0 Å². The van der Waals surface area contributed by atoms with Gasteiger partial charge in [-0.2, -0.15) is 0 Å². The molecule has 1 saturated heterocycles. The first kappa shape index (κ1) is 12.4. The van der Waals surface area contributed by atoms with E-state index in [-0.39, 0.29) is 0 Å². The van der Waals surface area contributed by atoms with Crippen LogP contribution in [0.25, 0.3) is 0 Å². The molecular formula is C15H29N. The highest BCUT2D eigenvalue weighted by Gasteiger charge is 2.48. The minimum atomic E-state index is 0.664. The van der Waals surface area contributed by atoms with Crippen LogP contribution in [0.15, 0.2) is 0 Å². The van der Waals surface area contributed by atoms with Crippen molar-refractivity contribution in [2.24, 2.45) is 29.1 Å². The highest BCUT2D eigenvalue weighted by molar-refractivity contribution is 4.99. The molecule has 0 aromatic heterocycles. The number of piperidine rings is 1. The Balaban J connectivity index is 2.23. The second kappa shape index (κ2) is 4.68. The molecule has 0 radical (unpaired) electrons.